The normalized spacial score (nSPS) is 16.0. The van der Waals surface area contributed by atoms with Crippen LogP contribution in [-0.4, -0.2) is 61.6 Å². The van der Waals surface area contributed by atoms with Crippen LogP contribution in [0.4, 0.5) is 4.39 Å². The SMILES string of the molecule is CCn1cc(CN2CCCN(C(=O)c3cc(F)cc4[nH]cnc34)CC2)cn1. The molecular weight excluding hydrogens is 347 g/mol. The van der Waals surface area contributed by atoms with Crippen LogP contribution in [-0.2, 0) is 13.1 Å². The molecule has 0 spiro atoms. The van der Waals surface area contributed by atoms with E-state index in [1.54, 1.807) is 4.90 Å². The standard InChI is InChI=1S/C19H23FN6O/c1-2-26-12-14(10-23-26)11-24-4-3-5-25(7-6-24)19(27)16-8-15(20)9-17-18(16)22-13-21-17/h8-10,12-13H,2-7,11H2,1H3,(H,21,22). The smallest absolute Gasteiger partial charge is 0.256 e. The summed E-state index contributed by atoms with van der Waals surface area (Å²) in [5, 5.41) is 4.32. The van der Waals surface area contributed by atoms with Gasteiger partial charge in [0, 0.05) is 51.0 Å². The molecule has 1 amide bonds. The molecule has 1 aliphatic rings. The van der Waals surface area contributed by atoms with Gasteiger partial charge < -0.3 is 9.88 Å². The van der Waals surface area contributed by atoms with Crippen LogP contribution in [0, 0.1) is 5.82 Å². The molecule has 142 valence electrons. The number of hydrogen-bond donors (Lipinski definition) is 1. The Kier molecular flexibility index (Phi) is 4.89. The molecule has 8 heteroatoms. The molecule has 0 bridgehead atoms. The Morgan fingerprint density at radius 1 is 1.26 bits per heavy atom. The summed E-state index contributed by atoms with van der Waals surface area (Å²) >= 11 is 0. The first-order chi connectivity index (χ1) is 13.1. The van der Waals surface area contributed by atoms with E-state index < -0.39 is 5.82 Å². The van der Waals surface area contributed by atoms with Crippen molar-refractivity contribution < 1.29 is 9.18 Å². The Morgan fingerprint density at radius 2 is 2.15 bits per heavy atom. The second-order valence-corrected chi connectivity index (χ2v) is 6.88. The molecule has 0 aliphatic carbocycles. The maximum absolute atomic E-state index is 13.9. The molecule has 1 aliphatic heterocycles. The van der Waals surface area contributed by atoms with E-state index in [9.17, 15) is 9.18 Å². The van der Waals surface area contributed by atoms with Crippen molar-refractivity contribution in [2.45, 2.75) is 26.4 Å². The highest BCUT2D eigenvalue weighted by atomic mass is 19.1. The van der Waals surface area contributed by atoms with Crippen LogP contribution >= 0.6 is 0 Å². The summed E-state index contributed by atoms with van der Waals surface area (Å²) < 4.78 is 15.8. The highest BCUT2D eigenvalue weighted by molar-refractivity contribution is 6.04. The number of aryl methyl sites for hydroxylation is 1. The van der Waals surface area contributed by atoms with Crippen LogP contribution in [0.15, 0.2) is 30.9 Å². The van der Waals surface area contributed by atoms with Crippen molar-refractivity contribution >= 4 is 16.9 Å². The first-order valence-corrected chi connectivity index (χ1v) is 9.29. The zero-order chi connectivity index (χ0) is 18.8. The van der Waals surface area contributed by atoms with Crippen molar-refractivity contribution in [2.24, 2.45) is 0 Å². The molecule has 0 unspecified atom stereocenters. The lowest BCUT2D eigenvalue weighted by atomic mass is 10.1. The van der Waals surface area contributed by atoms with E-state index in [1.165, 1.54) is 24.0 Å². The minimum atomic E-state index is -0.431. The fourth-order valence-electron chi connectivity index (χ4n) is 3.60. The number of aromatic amines is 1. The first-order valence-electron chi connectivity index (χ1n) is 9.29. The highest BCUT2D eigenvalue weighted by Crippen LogP contribution is 2.20. The molecular formula is C19H23FN6O. The number of aromatic nitrogens is 4. The second kappa shape index (κ2) is 7.48. The third-order valence-corrected chi connectivity index (χ3v) is 5.01. The van der Waals surface area contributed by atoms with Crippen molar-refractivity contribution in [3.63, 3.8) is 0 Å². The summed E-state index contributed by atoms with van der Waals surface area (Å²) in [4.78, 5) is 24.2. The van der Waals surface area contributed by atoms with E-state index in [0.717, 1.165) is 32.6 Å². The number of halogens is 1. The molecule has 1 saturated heterocycles. The molecule has 3 aromatic rings. The Hall–Kier alpha value is -2.74. The number of amides is 1. The number of imidazole rings is 1. The third-order valence-electron chi connectivity index (χ3n) is 5.01. The lowest BCUT2D eigenvalue weighted by Crippen LogP contribution is -2.35. The summed E-state index contributed by atoms with van der Waals surface area (Å²) in [7, 11) is 0. The Morgan fingerprint density at radius 3 is 2.96 bits per heavy atom. The van der Waals surface area contributed by atoms with Gasteiger partial charge in [0.25, 0.3) is 5.91 Å². The van der Waals surface area contributed by atoms with Gasteiger partial charge in [0.05, 0.1) is 23.6 Å². The average Bonchev–Trinajstić information content (AvgIpc) is 3.25. The molecule has 1 aromatic carbocycles. The van der Waals surface area contributed by atoms with Gasteiger partial charge in [0.1, 0.15) is 11.3 Å². The van der Waals surface area contributed by atoms with Gasteiger partial charge >= 0.3 is 0 Å². The van der Waals surface area contributed by atoms with E-state index in [4.69, 9.17) is 0 Å². The van der Waals surface area contributed by atoms with Gasteiger partial charge in [0.15, 0.2) is 0 Å². The molecule has 1 fully saturated rings. The van der Waals surface area contributed by atoms with Crippen LogP contribution < -0.4 is 0 Å². The van der Waals surface area contributed by atoms with Gasteiger partial charge in [-0.05, 0) is 25.5 Å². The van der Waals surface area contributed by atoms with Crippen molar-refractivity contribution in [3.05, 3.63) is 47.8 Å². The summed E-state index contributed by atoms with van der Waals surface area (Å²) in [6, 6.07) is 2.65. The van der Waals surface area contributed by atoms with Crippen LogP contribution in [0.1, 0.15) is 29.3 Å². The van der Waals surface area contributed by atoms with Crippen LogP contribution in [0.25, 0.3) is 11.0 Å². The fraction of sp³-hybridized carbons (Fsp3) is 0.421. The monoisotopic (exact) mass is 370 g/mol. The minimum Gasteiger partial charge on any atom is -0.344 e. The average molecular weight is 370 g/mol. The maximum Gasteiger partial charge on any atom is 0.256 e. The van der Waals surface area contributed by atoms with E-state index in [0.29, 0.717) is 29.7 Å². The largest absolute Gasteiger partial charge is 0.344 e. The first kappa shape index (κ1) is 17.7. The van der Waals surface area contributed by atoms with Crippen LogP contribution in [0.5, 0.6) is 0 Å². The van der Waals surface area contributed by atoms with Crippen LogP contribution in [0.2, 0.25) is 0 Å². The van der Waals surface area contributed by atoms with Gasteiger partial charge in [-0.25, -0.2) is 9.37 Å². The number of carbonyl (C=O) groups excluding carboxylic acids is 1. The van der Waals surface area contributed by atoms with Gasteiger partial charge in [0.2, 0.25) is 0 Å². The summed E-state index contributed by atoms with van der Waals surface area (Å²) in [6.07, 6.45) is 6.33. The maximum atomic E-state index is 13.9. The number of nitrogens with zero attached hydrogens (tertiary/aromatic N) is 5. The Balaban J connectivity index is 1.45. The van der Waals surface area contributed by atoms with Gasteiger partial charge in [-0.15, -0.1) is 0 Å². The number of fused-ring (bicyclic) bond motifs is 1. The van der Waals surface area contributed by atoms with Crippen LogP contribution in [0.3, 0.4) is 0 Å². The molecule has 4 rings (SSSR count). The topological polar surface area (TPSA) is 70.0 Å². The number of H-pyrrole nitrogens is 1. The number of nitrogens with one attached hydrogen (secondary N) is 1. The van der Waals surface area contributed by atoms with E-state index >= 15 is 0 Å². The van der Waals surface area contributed by atoms with Crippen molar-refractivity contribution in [1.29, 1.82) is 0 Å². The minimum absolute atomic E-state index is 0.160. The second-order valence-electron chi connectivity index (χ2n) is 6.88. The highest BCUT2D eigenvalue weighted by Gasteiger charge is 2.23. The summed E-state index contributed by atoms with van der Waals surface area (Å²) in [5.41, 5.74) is 2.57. The fourth-order valence-corrected chi connectivity index (χ4v) is 3.60. The quantitative estimate of drug-likeness (QED) is 0.765. The lowest BCUT2D eigenvalue weighted by Gasteiger charge is -2.22. The predicted molar refractivity (Wildman–Crippen MR) is 99.8 cm³/mol. The molecule has 0 radical (unpaired) electrons. The predicted octanol–water partition coefficient (Wildman–Crippen LogP) is 2.27. The number of benzene rings is 1. The van der Waals surface area contributed by atoms with E-state index in [1.807, 2.05) is 10.9 Å². The molecule has 2 aromatic heterocycles. The molecule has 27 heavy (non-hydrogen) atoms. The van der Waals surface area contributed by atoms with Crippen molar-refractivity contribution in [2.75, 3.05) is 26.2 Å². The van der Waals surface area contributed by atoms with Gasteiger partial charge in [-0.1, -0.05) is 0 Å². The lowest BCUT2D eigenvalue weighted by molar-refractivity contribution is 0.0762. The Bertz CT molecular complexity index is 949. The molecule has 0 atom stereocenters. The van der Waals surface area contributed by atoms with Gasteiger partial charge in [-0.3, -0.25) is 14.4 Å². The van der Waals surface area contributed by atoms with E-state index in [2.05, 4.69) is 33.1 Å². The number of rotatable bonds is 4. The van der Waals surface area contributed by atoms with Crippen molar-refractivity contribution in [1.82, 2.24) is 29.5 Å². The summed E-state index contributed by atoms with van der Waals surface area (Å²) in [5.74, 6) is -0.591. The van der Waals surface area contributed by atoms with Crippen molar-refractivity contribution in [3.8, 4) is 0 Å². The molecule has 1 N–H and O–H groups in total. The zero-order valence-electron chi connectivity index (χ0n) is 15.4. The Labute approximate surface area is 156 Å². The molecule has 7 nitrogen and oxygen atoms in total. The molecule has 0 saturated carbocycles. The zero-order valence-corrected chi connectivity index (χ0v) is 15.4. The number of hydrogen-bond acceptors (Lipinski definition) is 4. The van der Waals surface area contributed by atoms with Gasteiger partial charge in [-0.2, -0.15) is 5.10 Å². The summed E-state index contributed by atoms with van der Waals surface area (Å²) in [6.45, 7) is 6.72. The molecule has 3 heterocycles. The third kappa shape index (κ3) is 3.71. The number of carbonyl (C=O) groups is 1. The van der Waals surface area contributed by atoms with E-state index in [-0.39, 0.29) is 5.91 Å².